The van der Waals surface area contributed by atoms with Crippen LogP contribution in [0.15, 0.2) is 0 Å². The van der Waals surface area contributed by atoms with Gasteiger partial charge in [-0.25, -0.2) is 0 Å². The third-order valence-electron chi connectivity index (χ3n) is 0. The van der Waals surface area contributed by atoms with Crippen LogP contribution in [0.4, 0.5) is 0 Å². The molecular weight excluding hydrogens is 287 g/mol. The molecular formula is BrClISc. The quantitative estimate of drug-likeness (QED) is 0.388. The van der Waals surface area contributed by atoms with Gasteiger partial charge in [0.05, 0.1) is 0 Å². The molecule has 0 unspecified atom stereocenters. The maximum Gasteiger partial charge on any atom is 3.00 e. The molecule has 0 saturated carbocycles. The predicted octanol–water partition coefficient (Wildman–Crippen LogP) is -8.99. The van der Waals surface area contributed by atoms with Crippen LogP contribution in [0, 0.1) is 0 Å². The van der Waals surface area contributed by atoms with E-state index in [0.29, 0.717) is 0 Å². The molecule has 0 rings (SSSR count). The van der Waals surface area contributed by atoms with Crippen molar-refractivity contribution in [3.8, 4) is 0 Å². The summed E-state index contributed by atoms with van der Waals surface area (Å²) in [5.74, 6) is 0. The maximum atomic E-state index is 0. The molecule has 0 aliphatic rings. The summed E-state index contributed by atoms with van der Waals surface area (Å²) in [6.45, 7) is 0. The van der Waals surface area contributed by atoms with E-state index in [9.17, 15) is 0 Å². The number of hydrogen-bond donors (Lipinski definition) is 0. The molecule has 4 heavy (non-hydrogen) atoms. The van der Waals surface area contributed by atoms with E-state index in [4.69, 9.17) is 0 Å². The molecule has 0 aliphatic carbocycles. The fraction of sp³-hybridized carbons (Fsp3) is 0. The molecule has 0 aromatic heterocycles. The summed E-state index contributed by atoms with van der Waals surface area (Å²) >= 11 is 0. The van der Waals surface area contributed by atoms with Crippen molar-refractivity contribution in [3.63, 3.8) is 0 Å². The van der Waals surface area contributed by atoms with Crippen LogP contribution in [0.2, 0.25) is 0 Å². The third-order valence-corrected chi connectivity index (χ3v) is 0. The first-order valence-corrected chi connectivity index (χ1v) is 0. The van der Waals surface area contributed by atoms with Gasteiger partial charge < -0.3 is 53.4 Å². The van der Waals surface area contributed by atoms with Crippen molar-refractivity contribution in [2.24, 2.45) is 0 Å². The summed E-state index contributed by atoms with van der Waals surface area (Å²) in [7, 11) is 0. The van der Waals surface area contributed by atoms with Gasteiger partial charge in [-0.05, 0) is 0 Å². The van der Waals surface area contributed by atoms with Crippen LogP contribution in [0.25, 0.3) is 0 Å². The molecule has 0 N–H and O–H groups in total. The van der Waals surface area contributed by atoms with Crippen molar-refractivity contribution >= 4 is 0 Å². The van der Waals surface area contributed by atoms with E-state index in [-0.39, 0.29) is 79.2 Å². The van der Waals surface area contributed by atoms with Gasteiger partial charge in [-0.1, -0.05) is 0 Å². The monoisotopic (exact) mass is 286 g/mol. The van der Waals surface area contributed by atoms with Crippen molar-refractivity contribution < 1.29 is 79.2 Å². The molecule has 0 fully saturated rings. The predicted molar refractivity (Wildman–Crippen MR) is 0 cm³/mol. The Labute approximate surface area is 78.1 Å². The van der Waals surface area contributed by atoms with Gasteiger partial charge in [0.15, 0.2) is 0 Å². The summed E-state index contributed by atoms with van der Waals surface area (Å²) in [6, 6.07) is 0. The molecule has 0 radical (unpaired) electrons. The molecule has 0 aromatic rings. The Kier molecular flexibility index (Phi) is 149. The molecule has 0 amide bonds. The van der Waals surface area contributed by atoms with E-state index in [1.54, 1.807) is 0 Å². The number of rotatable bonds is 0. The summed E-state index contributed by atoms with van der Waals surface area (Å²) < 4.78 is 0. The summed E-state index contributed by atoms with van der Waals surface area (Å²) in [6.07, 6.45) is 0. The van der Waals surface area contributed by atoms with Crippen molar-refractivity contribution in [3.05, 3.63) is 0 Å². The Morgan fingerprint density at radius 3 is 1.00 bits per heavy atom. The van der Waals surface area contributed by atoms with Crippen molar-refractivity contribution in [2.75, 3.05) is 0 Å². The molecule has 0 spiro atoms. The number of hydrogen-bond acceptors (Lipinski definition) is 0. The first-order valence-electron chi connectivity index (χ1n) is 0. The SMILES string of the molecule is [Br-].[Cl-].[I-].[Sc+3]. The van der Waals surface area contributed by atoms with Crippen LogP contribution in [-0.4, -0.2) is 0 Å². The summed E-state index contributed by atoms with van der Waals surface area (Å²) in [5, 5.41) is 0. The van der Waals surface area contributed by atoms with Gasteiger partial charge in [0.1, 0.15) is 0 Å². The molecule has 0 aliphatic heterocycles. The zero-order valence-electron chi connectivity index (χ0n) is 1.71. The smallest absolute Gasteiger partial charge is 1.00 e. The third kappa shape index (κ3) is 8.84. The topological polar surface area (TPSA) is 0 Å². The minimum Gasteiger partial charge on any atom is -1.00 e. The van der Waals surface area contributed by atoms with E-state index in [0.717, 1.165) is 0 Å². The van der Waals surface area contributed by atoms with E-state index in [2.05, 4.69) is 0 Å². The van der Waals surface area contributed by atoms with Crippen molar-refractivity contribution in [1.82, 2.24) is 0 Å². The average Bonchev–Trinajstić information content (AvgIpc) is 0. The standard InChI is InChI=1S/BrH.ClH.HI.Sc/h3*1H;/q;;;+3/p-3. The van der Waals surface area contributed by atoms with Crippen LogP contribution >= 0.6 is 0 Å². The second-order valence-electron chi connectivity index (χ2n) is 0. The first kappa shape index (κ1) is 32.7. The normalized spacial score (nSPS) is 0. The molecule has 0 bridgehead atoms. The second kappa shape index (κ2) is 18.3. The van der Waals surface area contributed by atoms with Crippen LogP contribution in [0.1, 0.15) is 0 Å². The van der Waals surface area contributed by atoms with Crippen molar-refractivity contribution in [1.29, 1.82) is 0 Å². The van der Waals surface area contributed by atoms with Crippen molar-refractivity contribution in [2.45, 2.75) is 0 Å². The summed E-state index contributed by atoms with van der Waals surface area (Å²) in [5.41, 5.74) is 0. The van der Waals surface area contributed by atoms with Gasteiger partial charge in [0, 0.05) is 0 Å². The van der Waals surface area contributed by atoms with Gasteiger partial charge in [-0.15, -0.1) is 0 Å². The van der Waals surface area contributed by atoms with Gasteiger partial charge in [0.25, 0.3) is 0 Å². The molecule has 0 nitrogen and oxygen atoms in total. The van der Waals surface area contributed by atoms with Crippen LogP contribution in [0.3, 0.4) is 0 Å². The maximum absolute atomic E-state index is 0. The van der Waals surface area contributed by atoms with Crippen LogP contribution < -0.4 is 53.4 Å². The summed E-state index contributed by atoms with van der Waals surface area (Å²) in [4.78, 5) is 0. The van der Waals surface area contributed by atoms with Gasteiger partial charge in [-0.2, -0.15) is 0 Å². The van der Waals surface area contributed by atoms with Gasteiger partial charge >= 0.3 is 25.8 Å². The second-order valence-corrected chi connectivity index (χ2v) is 0. The Morgan fingerprint density at radius 2 is 1.00 bits per heavy atom. The zero-order valence-corrected chi connectivity index (χ0v) is 8.01. The fourth-order valence-electron chi connectivity index (χ4n) is 0. The Balaban J connectivity index is 0. The Hall–Kier alpha value is 2.37. The van der Waals surface area contributed by atoms with E-state index in [1.165, 1.54) is 0 Å². The average molecular weight is 287 g/mol. The zero-order chi connectivity index (χ0) is 0. The Bertz CT molecular complexity index is 8.00. The van der Waals surface area contributed by atoms with E-state index < -0.39 is 0 Å². The Morgan fingerprint density at radius 1 is 1.00 bits per heavy atom. The molecule has 0 aromatic carbocycles. The number of halogens is 3. The fourth-order valence-corrected chi connectivity index (χ4v) is 0. The van der Waals surface area contributed by atoms with Gasteiger partial charge in [-0.3, -0.25) is 0 Å². The first-order chi connectivity index (χ1) is 0. The molecule has 0 heterocycles. The minimum atomic E-state index is 0. The molecule has 0 atom stereocenters. The van der Waals surface area contributed by atoms with Gasteiger partial charge in [0.2, 0.25) is 0 Å². The molecule has 0 saturated heterocycles. The largest absolute Gasteiger partial charge is 3.00 e. The van der Waals surface area contributed by atoms with E-state index in [1.807, 2.05) is 0 Å². The minimum absolute atomic E-state index is 0. The van der Waals surface area contributed by atoms with Crippen LogP contribution in [0.5, 0.6) is 0 Å². The molecule has 4 heteroatoms. The van der Waals surface area contributed by atoms with E-state index >= 15 is 0 Å². The van der Waals surface area contributed by atoms with Crippen LogP contribution in [-0.2, 0) is 25.8 Å². The molecule has 24 valence electrons.